The van der Waals surface area contributed by atoms with E-state index >= 15 is 0 Å². The average Bonchev–Trinajstić information content (AvgIpc) is 2.82. The largest absolute Gasteiger partial charge is 0.347 e. The molecule has 0 unspecified atom stereocenters. The van der Waals surface area contributed by atoms with E-state index in [9.17, 15) is 23.7 Å². The number of nitro benzene ring substituents is 1. The highest BCUT2D eigenvalue weighted by Crippen LogP contribution is 2.23. The van der Waals surface area contributed by atoms with E-state index in [0.29, 0.717) is 12.1 Å². The lowest BCUT2D eigenvalue weighted by atomic mass is 10.1. The molecule has 5 nitrogen and oxygen atoms in total. The van der Waals surface area contributed by atoms with E-state index in [-0.39, 0.29) is 6.54 Å². The molecule has 0 spiro atoms. The molecule has 0 saturated heterocycles. The second-order valence-electron chi connectivity index (χ2n) is 3.93. The number of carbonyl (C=O) groups excluding carboxylic acids is 1. The first-order valence-electron chi connectivity index (χ1n) is 5.53. The summed E-state index contributed by atoms with van der Waals surface area (Å²) in [7, 11) is 0. The van der Waals surface area contributed by atoms with Crippen molar-refractivity contribution in [2.75, 3.05) is 0 Å². The van der Waals surface area contributed by atoms with Crippen LogP contribution in [0.4, 0.5) is 14.5 Å². The molecule has 1 N–H and O–H groups in total. The molecule has 0 bridgehead atoms. The molecule has 1 heterocycles. The molecule has 1 aromatic heterocycles. The molecule has 21 heavy (non-hydrogen) atoms. The first kappa shape index (κ1) is 15.5. The van der Waals surface area contributed by atoms with Gasteiger partial charge in [-0.1, -0.05) is 0 Å². The summed E-state index contributed by atoms with van der Waals surface area (Å²) in [4.78, 5) is 22.2. The van der Waals surface area contributed by atoms with Gasteiger partial charge in [0.05, 0.1) is 11.5 Å². The molecule has 0 atom stereocenters. The van der Waals surface area contributed by atoms with Crippen LogP contribution in [0.1, 0.15) is 15.2 Å². The van der Waals surface area contributed by atoms with Gasteiger partial charge in [0, 0.05) is 20.8 Å². The minimum absolute atomic E-state index is 0.0661. The van der Waals surface area contributed by atoms with Crippen molar-refractivity contribution in [3.05, 3.63) is 60.2 Å². The monoisotopic (exact) mass is 376 g/mol. The minimum atomic E-state index is -1.48. The number of carbonyl (C=O) groups is 1. The summed E-state index contributed by atoms with van der Waals surface area (Å²) in [5.41, 5.74) is -1.90. The van der Waals surface area contributed by atoms with Gasteiger partial charge >= 0.3 is 5.69 Å². The van der Waals surface area contributed by atoms with E-state index in [4.69, 9.17) is 0 Å². The fourth-order valence-electron chi connectivity index (χ4n) is 1.59. The molecule has 0 aliphatic heterocycles. The Morgan fingerprint density at radius 2 is 2.14 bits per heavy atom. The predicted octanol–water partition coefficient (Wildman–Crippen LogP) is 3.63. The number of hydrogen-bond acceptors (Lipinski definition) is 4. The van der Waals surface area contributed by atoms with Crippen molar-refractivity contribution in [3.63, 3.8) is 0 Å². The van der Waals surface area contributed by atoms with Gasteiger partial charge in [-0.15, -0.1) is 11.3 Å². The van der Waals surface area contributed by atoms with Gasteiger partial charge in [-0.05, 0) is 28.1 Å². The standard InChI is InChI=1S/C12H7BrF2N2O3S/c13-6-3-7(21-5-6)4-16-12(18)10-8(14)1-2-9(11(10)15)17(19)20/h1-3,5H,4H2,(H,16,18). The molecular weight excluding hydrogens is 370 g/mol. The Morgan fingerprint density at radius 1 is 1.43 bits per heavy atom. The van der Waals surface area contributed by atoms with Crippen LogP contribution in [0, 0.1) is 21.7 Å². The number of nitro groups is 1. The van der Waals surface area contributed by atoms with Crippen LogP contribution in [-0.2, 0) is 6.54 Å². The van der Waals surface area contributed by atoms with E-state index in [1.54, 1.807) is 11.4 Å². The van der Waals surface area contributed by atoms with Gasteiger partial charge in [-0.2, -0.15) is 4.39 Å². The quantitative estimate of drug-likeness (QED) is 0.654. The molecule has 2 aromatic rings. The van der Waals surface area contributed by atoms with Crippen molar-refractivity contribution in [1.29, 1.82) is 0 Å². The Balaban J connectivity index is 2.22. The molecule has 0 fully saturated rings. The van der Waals surface area contributed by atoms with Gasteiger partial charge in [-0.3, -0.25) is 14.9 Å². The summed E-state index contributed by atoms with van der Waals surface area (Å²) >= 11 is 4.58. The predicted molar refractivity (Wildman–Crippen MR) is 76.2 cm³/mol. The first-order valence-corrected chi connectivity index (χ1v) is 7.21. The van der Waals surface area contributed by atoms with Crippen LogP contribution in [0.3, 0.4) is 0 Å². The molecular formula is C12H7BrF2N2O3S. The average molecular weight is 377 g/mol. The SMILES string of the molecule is O=C(NCc1cc(Br)cs1)c1c(F)ccc([N+](=O)[O-])c1F. The molecule has 0 saturated carbocycles. The third-order valence-corrected chi connectivity index (χ3v) is 4.24. The third-order valence-electron chi connectivity index (χ3n) is 2.54. The van der Waals surface area contributed by atoms with E-state index in [2.05, 4.69) is 21.2 Å². The smallest absolute Gasteiger partial charge is 0.305 e. The van der Waals surface area contributed by atoms with E-state index in [1.165, 1.54) is 11.3 Å². The molecule has 1 amide bonds. The number of halogens is 3. The lowest BCUT2D eigenvalue weighted by Gasteiger charge is -2.06. The normalized spacial score (nSPS) is 10.4. The Morgan fingerprint density at radius 3 is 2.71 bits per heavy atom. The molecule has 0 aliphatic carbocycles. The summed E-state index contributed by atoms with van der Waals surface area (Å²) in [6, 6.07) is 3.11. The first-order chi connectivity index (χ1) is 9.90. The highest BCUT2D eigenvalue weighted by Gasteiger charge is 2.26. The van der Waals surface area contributed by atoms with Crippen molar-refractivity contribution < 1.29 is 18.5 Å². The summed E-state index contributed by atoms with van der Waals surface area (Å²) < 4.78 is 28.2. The number of rotatable bonds is 4. The number of benzene rings is 1. The Kier molecular flexibility index (Phi) is 4.63. The number of nitrogens with zero attached hydrogens (tertiary/aromatic N) is 1. The van der Waals surface area contributed by atoms with Crippen molar-refractivity contribution in [1.82, 2.24) is 5.32 Å². The molecule has 110 valence electrons. The van der Waals surface area contributed by atoms with Crippen molar-refractivity contribution >= 4 is 38.9 Å². The maximum absolute atomic E-state index is 13.8. The van der Waals surface area contributed by atoms with Crippen molar-refractivity contribution in [3.8, 4) is 0 Å². The topological polar surface area (TPSA) is 72.2 Å². The van der Waals surface area contributed by atoms with Gasteiger partial charge in [0.25, 0.3) is 5.91 Å². The van der Waals surface area contributed by atoms with E-state index < -0.39 is 33.7 Å². The Labute approximate surface area is 129 Å². The van der Waals surface area contributed by atoms with Crippen LogP contribution >= 0.6 is 27.3 Å². The highest BCUT2D eigenvalue weighted by molar-refractivity contribution is 9.10. The van der Waals surface area contributed by atoms with Crippen LogP contribution in [0.25, 0.3) is 0 Å². The second-order valence-corrected chi connectivity index (χ2v) is 5.84. The van der Waals surface area contributed by atoms with Gasteiger partial charge in [-0.25, -0.2) is 4.39 Å². The fraction of sp³-hybridized carbons (Fsp3) is 0.0833. The number of thiophene rings is 1. The molecule has 1 aromatic carbocycles. The van der Waals surface area contributed by atoms with Gasteiger partial charge < -0.3 is 5.32 Å². The van der Waals surface area contributed by atoms with E-state index in [0.717, 1.165) is 9.35 Å². The number of amides is 1. The molecule has 9 heteroatoms. The molecule has 0 aliphatic rings. The molecule has 0 radical (unpaired) electrons. The van der Waals surface area contributed by atoms with Crippen molar-refractivity contribution in [2.24, 2.45) is 0 Å². The van der Waals surface area contributed by atoms with Crippen LogP contribution in [0.2, 0.25) is 0 Å². The Hall–Kier alpha value is -1.87. The second kappa shape index (κ2) is 6.27. The summed E-state index contributed by atoms with van der Waals surface area (Å²) in [5, 5.41) is 14.7. The Bertz CT molecular complexity index is 721. The zero-order valence-corrected chi connectivity index (χ0v) is 12.6. The fourth-order valence-corrected chi connectivity index (χ4v) is 2.98. The maximum atomic E-state index is 13.8. The minimum Gasteiger partial charge on any atom is -0.347 e. The van der Waals surface area contributed by atoms with Gasteiger partial charge in [0.1, 0.15) is 11.4 Å². The zero-order valence-electron chi connectivity index (χ0n) is 10.2. The number of nitrogens with one attached hydrogen (secondary N) is 1. The van der Waals surface area contributed by atoms with Gasteiger partial charge in [0.2, 0.25) is 5.82 Å². The summed E-state index contributed by atoms with van der Waals surface area (Å²) in [6.07, 6.45) is 0. The summed E-state index contributed by atoms with van der Waals surface area (Å²) in [5.74, 6) is -3.67. The summed E-state index contributed by atoms with van der Waals surface area (Å²) in [6.45, 7) is 0.0661. The van der Waals surface area contributed by atoms with Crippen LogP contribution in [-0.4, -0.2) is 10.8 Å². The van der Waals surface area contributed by atoms with Crippen LogP contribution < -0.4 is 5.32 Å². The van der Waals surface area contributed by atoms with Gasteiger partial charge in [0.15, 0.2) is 0 Å². The third kappa shape index (κ3) is 3.42. The number of hydrogen-bond donors (Lipinski definition) is 1. The van der Waals surface area contributed by atoms with Crippen molar-refractivity contribution in [2.45, 2.75) is 6.54 Å². The maximum Gasteiger partial charge on any atom is 0.305 e. The van der Waals surface area contributed by atoms with Crippen LogP contribution in [0.15, 0.2) is 28.1 Å². The highest BCUT2D eigenvalue weighted by atomic mass is 79.9. The lowest BCUT2D eigenvalue weighted by molar-refractivity contribution is -0.387. The molecule has 2 rings (SSSR count). The van der Waals surface area contributed by atoms with E-state index in [1.807, 2.05) is 0 Å². The zero-order chi connectivity index (χ0) is 15.6. The lowest BCUT2D eigenvalue weighted by Crippen LogP contribution is -2.25. The van der Waals surface area contributed by atoms with Crippen LogP contribution in [0.5, 0.6) is 0 Å².